The third kappa shape index (κ3) is 6.84. The molecule has 6 heteroatoms. The van der Waals surface area contributed by atoms with Gasteiger partial charge in [-0.15, -0.1) is 0 Å². The van der Waals surface area contributed by atoms with Gasteiger partial charge in [0, 0.05) is 44.7 Å². The minimum Gasteiger partial charge on any atom is -0.497 e. The highest BCUT2D eigenvalue weighted by Gasteiger charge is 2.17. The molecule has 2 aromatic rings. The van der Waals surface area contributed by atoms with Crippen LogP contribution in [0.1, 0.15) is 23.2 Å². The number of ketones is 1. The molecule has 5 nitrogen and oxygen atoms in total. The molecule has 0 aliphatic carbocycles. The van der Waals surface area contributed by atoms with Crippen molar-refractivity contribution in [1.29, 1.82) is 0 Å². The molecule has 0 N–H and O–H groups in total. The maximum absolute atomic E-state index is 12.9. The van der Waals surface area contributed by atoms with Gasteiger partial charge in [-0.1, -0.05) is 0 Å². The lowest BCUT2D eigenvalue weighted by molar-refractivity contribution is 0.0953. The van der Waals surface area contributed by atoms with Crippen LogP contribution in [0.5, 0.6) is 11.5 Å². The van der Waals surface area contributed by atoms with E-state index in [0.29, 0.717) is 18.6 Å². The normalized spacial score (nSPS) is 15.2. The molecule has 29 heavy (non-hydrogen) atoms. The number of piperazine rings is 1. The van der Waals surface area contributed by atoms with Gasteiger partial charge in [0.05, 0.1) is 7.11 Å². The van der Waals surface area contributed by atoms with Gasteiger partial charge in [0.2, 0.25) is 0 Å². The molecular formula is C23H29FN2O3. The zero-order valence-corrected chi connectivity index (χ0v) is 17.0. The van der Waals surface area contributed by atoms with Crippen molar-refractivity contribution in [2.75, 3.05) is 53.0 Å². The van der Waals surface area contributed by atoms with E-state index in [2.05, 4.69) is 9.80 Å². The first-order valence-corrected chi connectivity index (χ1v) is 10.1. The Morgan fingerprint density at radius 2 is 1.48 bits per heavy atom. The molecule has 1 heterocycles. The Morgan fingerprint density at radius 1 is 0.897 bits per heavy atom. The first kappa shape index (κ1) is 21.3. The number of carbonyl (C=O) groups excluding carboxylic acids is 1. The number of methoxy groups -OCH3 is 1. The fourth-order valence-electron chi connectivity index (χ4n) is 3.44. The Labute approximate surface area is 172 Å². The van der Waals surface area contributed by atoms with Crippen molar-refractivity contribution in [2.24, 2.45) is 0 Å². The molecule has 1 aliphatic rings. The van der Waals surface area contributed by atoms with Crippen LogP contribution in [0.25, 0.3) is 0 Å². The highest BCUT2D eigenvalue weighted by Crippen LogP contribution is 2.17. The molecule has 0 bridgehead atoms. The number of Topliss-reactive ketones (excluding diaryl/α,β-unsaturated/α-hetero) is 1. The van der Waals surface area contributed by atoms with Gasteiger partial charge in [-0.3, -0.25) is 9.69 Å². The molecule has 0 unspecified atom stereocenters. The highest BCUT2D eigenvalue weighted by molar-refractivity contribution is 5.95. The lowest BCUT2D eigenvalue weighted by Gasteiger charge is -2.34. The summed E-state index contributed by atoms with van der Waals surface area (Å²) in [6.45, 7) is 6.53. The van der Waals surface area contributed by atoms with Crippen molar-refractivity contribution in [1.82, 2.24) is 9.80 Å². The van der Waals surface area contributed by atoms with Crippen molar-refractivity contribution in [2.45, 2.75) is 12.8 Å². The van der Waals surface area contributed by atoms with Crippen molar-refractivity contribution in [3.63, 3.8) is 0 Å². The predicted molar refractivity (Wildman–Crippen MR) is 111 cm³/mol. The number of ether oxygens (including phenoxy) is 2. The van der Waals surface area contributed by atoms with Crippen molar-refractivity contribution >= 4 is 5.78 Å². The van der Waals surface area contributed by atoms with Gasteiger partial charge in [-0.25, -0.2) is 4.39 Å². The van der Waals surface area contributed by atoms with E-state index in [-0.39, 0.29) is 11.6 Å². The van der Waals surface area contributed by atoms with Crippen LogP contribution in [0.2, 0.25) is 0 Å². The number of rotatable bonds is 10. The van der Waals surface area contributed by atoms with E-state index in [0.717, 1.165) is 57.2 Å². The first-order valence-electron chi connectivity index (χ1n) is 10.1. The summed E-state index contributed by atoms with van der Waals surface area (Å²) < 4.78 is 23.9. The smallest absolute Gasteiger partial charge is 0.162 e. The van der Waals surface area contributed by atoms with Gasteiger partial charge in [-0.05, 0) is 61.5 Å². The molecule has 1 aliphatic heterocycles. The summed E-state index contributed by atoms with van der Waals surface area (Å²) in [4.78, 5) is 17.0. The second kappa shape index (κ2) is 10.9. The molecule has 156 valence electrons. The van der Waals surface area contributed by atoms with Crippen LogP contribution in [0.3, 0.4) is 0 Å². The highest BCUT2D eigenvalue weighted by atomic mass is 19.1. The monoisotopic (exact) mass is 400 g/mol. The van der Waals surface area contributed by atoms with Gasteiger partial charge in [0.25, 0.3) is 0 Å². The molecule has 0 aromatic heterocycles. The van der Waals surface area contributed by atoms with E-state index in [1.54, 1.807) is 19.2 Å². The second-order valence-electron chi connectivity index (χ2n) is 7.24. The standard InChI is InChI=1S/C23H29FN2O3/c1-28-21-8-10-22(11-9-21)29-18-17-26-15-13-25(14-16-26)12-2-3-23(27)19-4-6-20(24)7-5-19/h4-11H,2-3,12-18H2,1H3. The summed E-state index contributed by atoms with van der Waals surface area (Å²) in [5, 5.41) is 0. The lowest BCUT2D eigenvalue weighted by Crippen LogP contribution is -2.47. The summed E-state index contributed by atoms with van der Waals surface area (Å²) in [6, 6.07) is 13.4. The summed E-state index contributed by atoms with van der Waals surface area (Å²) in [5.41, 5.74) is 0.591. The van der Waals surface area contributed by atoms with Crippen molar-refractivity contribution < 1.29 is 18.7 Å². The average Bonchev–Trinajstić information content (AvgIpc) is 2.76. The van der Waals surface area contributed by atoms with E-state index < -0.39 is 0 Å². The Morgan fingerprint density at radius 3 is 2.10 bits per heavy atom. The molecule has 3 rings (SSSR count). The molecular weight excluding hydrogens is 371 g/mol. The lowest BCUT2D eigenvalue weighted by atomic mass is 10.1. The topological polar surface area (TPSA) is 42.0 Å². The number of carbonyl (C=O) groups is 1. The van der Waals surface area contributed by atoms with Crippen LogP contribution in [-0.2, 0) is 0 Å². The quantitative estimate of drug-likeness (QED) is 0.571. The van der Waals surface area contributed by atoms with Crippen molar-refractivity contribution in [3.05, 3.63) is 59.9 Å². The molecule has 0 radical (unpaired) electrons. The number of nitrogens with zero attached hydrogens (tertiary/aromatic N) is 2. The Bertz CT molecular complexity index is 757. The number of halogens is 1. The van der Waals surface area contributed by atoms with Crippen LogP contribution >= 0.6 is 0 Å². The number of hydrogen-bond acceptors (Lipinski definition) is 5. The van der Waals surface area contributed by atoms with E-state index in [1.165, 1.54) is 12.1 Å². The molecule has 0 spiro atoms. The number of hydrogen-bond donors (Lipinski definition) is 0. The predicted octanol–water partition coefficient (Wildman–Crippen LogP) is 3.49. The minimum absolute atomic E-state index is 0.0827. The van der Waals surface area contributed by atoms with E-state index in [9.17, 15) is 9.18 Å². The van der Waals surface area contributed by atoms with Crippen LogP contribution < -0.4 is 9.47 Å². The largest absolute Gasteiger partial charge is 0.497 e. The number of benzene rings is 2. The summed E-state index contributed by atoms with van der Waals surface area (Å²) >= 11 is 0. The Hall–Kier alpha value is -2.44. The van der Waals surface area contributed by atoms with Gasteiger partial charge in [0.1, 0.15) is 23.9 Å². The van der Waals surface area contributed by atoms with E-state index in [1.807, 2.05) is 24.3 Å². The minimum atomic E-state index is -0.311. The molecule has 1 fully saturated rings. The zero-order valence-electron chi connectivity index (χ0n) is 17.0. The van der Waals surface area contributed by atoms with Crippen LogP contribution in [0.4, 0.5) is 4.39 Å². The second-order valence-corrected chi connectivity index (χ2v) is 7.24. The van der Waals surface area contributed by atoms with Crippen LogP contribution in [-0.4, -0.2) is 68.6 Å². The van der Waals surface area contributed by atoms with Crippen LogP contribution in [0, 0.1) is 5.82 Å². The summed E-state index contributed by atoms with van der Waals surface area (Å²) in [5.74, 6) is 1.45. The first-order chi connectivity index (χ1) is 14.1. The molecule has 0 amide bonds. The molecule has 0 atom stereocenters. The zero-order chi connectivity index (χ0) is 20.5. The van der Waals surface area contributed by atoms with Gasteiger partial charge in [-0.2, -0.15) is 0 Å². The fourth-order valence-corrected chi connectivity index (χ4v) is 3.44. The summed E-state index contributed by atoms with van der Waals surface area (Å²) in [6.07, 6.45) is 1.33. The maximum atomic E-state index is 12.9. The maximum Gasteiger partial charge on any atom is 0.162 e. The average molecular weight is 400 g/mol. The molecule has 2 aromatic carbocycles. The SMILES string of the molecule is COc1ccc(OCCN2CCN(CCCC(=O)c3ccc(F)cc3)CC2)cc1. The molecule has 1 saturated heterocycles. The van der Waals surface area contributed by atoms with Gasteiger partial charge >= 0.3 is 0 Å². The Balaban J connectivity index is 1.28. The van der Waals surface area contributed by atoms with Gasteiger partial charge < -0.3 is 14.4 Å². The van der Waals surface area contributed by atoms with E-state index >= 15 is 0 Å². The third-order valence-electron chi connectivity index (χ3n) is 5.24. The third-order valence-corrected chi connectivity index (χ3v) is 5.24. The van der Waals surface area contributed by atoms with Crippen molar-refractivity contribution in [3.8, 4) is 11.5 Å². The molecule has 0 saturated carbocycles. The summed E-state index contributed by atoms with van der Waals surface area (Å²) in [7, 11) is 1.65. The van der Waals surface area contributed by atoms with Gasteiger partial charge in [0.15, 0.2) is 5.78 Å². The Kier molecular flexibility index (Phi) is 8.02. The fraction of sp³-hybridized carbons (Fsp3) is 0.435. The van der Waals surface area contributed by atoms with Crippen LogP contribution in [0.15, 0.2) is 48.5 Å². The van der Waals surface area contributed by atoms with E-state index in [4.69, 9.17) is 9.47 Å².